The van der Waals surface area contributed by atoms with E-state index in [9.17, 15) is 13.6 Å². The minimum Gasteiger partial charge on any atom is -0.772 e. The molecule has 1 atom stereocenters. The maximum absolute atomic E-state index is 11.0. The van der Waals surface area contributed by atoms with Gasteiger partial charge in [0.15, 0.2) is 0 Å². The highest BCUT2D eigenvalue weighted by Crippen LogP contribution is 2.01. The van der Waals surface area contributed by atoms with Crippen molar-refractivity contribution in [3.8, 4) is 0 Å². The van der Waals surface area contributed by atoms with Crippen molar-refractivity contribution in [1.29, 1.82) is 0 Å². The molecule has 2 N–H and O–H groups in total. The SMILES string of the molecule is O=C(CS(=O)[O-])NC1CCNCC1. The van der Waals surface area contributed by atoms with E-state index < -0.39 is 22.7 Å². The smallest absolute Gasteiger partial charge is 0.231 e. The van der Waals surface area contributed by atoms with Crippen LogP contribution in [0.5, 0.6) is 0 Å². The first-order chi connectivity index (χ1) is 6.18. The largest absolute Gasteiger partial charge is 0.772 e. The highest BCUT2D eigenvalue weighted by atomic mass is 32.2. The molecule has 1 aliphatic heterocycles. The summed E-state index contributed by atoms with van der Waals surface area (Å²) >= 11 is -2.28. The molecule has 1 rings (SSSR count). The second kappa shape index (κ2) is 5.31. The average molecular weight is 205 g/mol. The normalized spacial score (nSPS) is 21.0. The van der Waals surface area contributed by atoms with E-state index in [-0.39, 0.29) is 6.04 Å². The minimum atomic E-state index is -2.28. The van der Waals surface area contributed by atoms with Gasteiger partial charge >= 0.3 is 0 Å². The predicted molar refractivity (Wildman–Crippen MR) is 47.8 cm³/mol. The van der Waals surface area contributed by atoms with Gasteiger partial charge in [0.25, 0.3) is 0 Å². The van der Waals surface area contributed by atoms with E-state index in [2.05, 4.69) is 10.6 Å². The Morgan fingerprint density at radius 1 is 1.54 bits per heavy atom. The summed E-state index contributed by atoms with van der Waals surface area (Å²) in [6, 6.07) is 0.136. The summed E-state index contributed by atoms with van der Waals surface area (Å²) in [6.07, 6.45) is 1.74. The first-order valence-corrected chi connectivity index (χ1v) is 5.49. The molecule has 0 aliphatic carbocycles. The first-order valence-electron chi connectivity index (χ1n) is 4.24. The standard InChI is InChI=1S/C7H14N2O3S/c10-7(5-13(11)12)9-6-1-3-8-4-2-6/h6,8H,1-5H2,(H,9,10)(H,11,12)/p-1. The molecule has 0 aromatic carbocycles. The van der Waals surface area contributed by atoms with Gasteiger partial charge in [-0.15, -0.1) is 0 Å². The molecule has 1 saturated heterocycles. The fourth-order valence-electron chi connectivity index (χ4n) is 1.34. The molecule has 0 aromatic heterocycles. The zero-order chi connectivity index (χ0) is 9.68. The third kappa shape index (κ3) is 4.35. The Bertz CT molecular complexity index is 204. The number of carbonyl (C=O) groups excluding carboxylic acids is 1. The van der Waals surface area contributed by atoms with E-state index in [0.29, 0.717) is 0 Å². The molecule has 76 valence electrons. The van der Waals surface area contributed by atoms with Crippen LogP contribution in [0.1, 0.15) is 12.8 Å². The molecule has 1 heterocycles. The lowest BCUT2D eigenvalue weighted by molar-refractivity contribution is -0.119. The molecule has 0 spiro atoms. The predicted octanol–water partition coefficient (Wildman–Crippen LogP) is -1.27. The average Bonchev–Trinajstić information content (AvgIpc) is 2.04. The number of carbonyl (C=O) groups is 1. The van der Waals surface area contributed by atoms with E-state index in [4.69, 9.17) is 0 Å². The molecule has 13 heavy (non-hydrogen) atoms. The van der Waals surface area contributed by atoms with Crippen LogP contribution < -0.4 is 10.6 Å². The van der Waals surface area contributed by atoms with Gasteiger partial charge < -0.3 is 15.2 Å². The second-order valence-corrected chi connectivity index (χ2v) is 3.94. The molecular weight excluding hydrogens is 192 g/mol. The van der Waals surface area contributed by atoms with E-state index in [1.807, 2.05) is 0 Å². The van der Waals surface area contributed by atoms with Crippen molar-refractivity contribution in [2.75, 3.05) is 18.8 Å². The Morgan fingerprint density at radius 2 is 2.15 bits per heavy atom. The highest BCUT2D eigenvalue weighted by Gasteiger charge is 2.14. The van der Waals surface area contributed by atoms with Gasteiger partial charge in [-0.05, 0) is 37.0 Å². The topological polar surface area (TPSA) is 81.3 Å². The summed E-state index contributed by atoms with van der Waals surface area (Å²) in [7, 11) is 0. The fourth-order valence-corrected chi connectivity index (χ4v) is 1.64. The van der Waals surface area contributed by atoms with E-state index >= 15 is 0 Å². The summed E-state index contributed by atoms with van der Waals surface area (Å²) < 4.78 is 20.4. The van der Waals surface area contributed by atoms with E-state index in [0.717, 1.165) is 25.9 Å². The Kier molecular flexibility index (Phi) is 4.34. The maximum Gasteiger partial charge on any atom is 0.231 e. The van der Waals surface area contributed by atoms with Crippen LogP contribution in [0.3, 0.4) is 0 Å². The van der Waals surface area contributed by atoms with Crippen LogP contribution in [0.4, 0.5) is 0 Å². The molecular formula is C7H13N2O3S-. The van der Waals surface area contributed by atoms with Crippen LogP contribution in [0.25, 0.3) is 0 Å². The fraction of sp³-hybridized carbons (Fsp3) is 0.857. The lowest BCUT2D eigenvalue weighted by atomic mass is 10.1. The quantitative estimate of drug-likeness (QED) is 0.563. The van der Waals surface area contributed by atoms with E-state index in [1.54, 1.807) is 0 Å². The van der Waals surface area contributed by atoms with Crippen LogP contribution in [0.15, 0.2) is 0 Å². The molecule has 6 heteroatoms. The van der Waals surface area contributed by atoms with Gasteiger partial charge in [0.1, 0.15) is 0 Å². The van der Waals surface area contributed by atoms with Gasteiger partial charge in [-0.2, -0.15) is 0 Å². The first kappa shape index (κ1) is 10.6. The van der Waals surface area contributed by atoms with E-state index in [1.165, 1.54) is 0 Å². The zero-order valence-corrected chi connectivity index (χ0v) is 8.06. The molecule has 1 unspecified atom stereocenters. The van der Waals surface area contributed by atoms with Crippen molar-refractivity contribution in [1.82, 2.24) is 10.6 Å². The van der Waals surface area contributed by atoms with Crippen molar-refractivity contribution >= 4 is 17.0 Å². The summed E-state index contributed by atoms with van der Waals surface area (Å²) in [5.41, 5.74) is 0. The Labute approximate surface area is 79.6 Å². The van der Waals surface area contributed by atoms with Crippen LogP contribution in [-0.4, -0.2) is 39.6 Å². The Balaban J connectivity index is 2.22. The van der Waals surface area contributed by atoms with Crippen molar-refractivity contribution in [2.24, 2.45) is 0 Å². The third-order valence-electron chi connectivity index (χ3n) is 1.95. The summed E-state index contributed by atoms with van der Waals surface area (Å²) in [6.45, 7) is 1.76. The van der Waals surface area contributed by atoms with Gasteiger partial charge in [-0.1, -0.05) is 0 Å². The lowest BCUT2D eigenvalue weighted by Gasteiger charge is -2.23. The van der Waals surface area contributed by atoms with Crippen molar-refractivity contribution in [3.05, 3.63) is 0 Å². The second-order valence-electron chi connectivity index (χ2n) is 3.04. The van der Waals surface area contributed by atoms with Crippen molar-refractivity contribution in [3.63, 3.8) is 0 Å². The van der Waals surface area contributed by atoms with Gasteiger partial charge in [0.2, 0.25) is 5.91 Å². The van der Waals surface area contributed by atoms with Crippen molar-refractivity contribution in [2.45, 2.75) is 18.9 Å². The summed E-state index contributed by atoms with van der Waals surface area (Å²) in [5, 5.41) is 5.83. The summed E-state index contributed by atoms with van der Waals surface area (Å²) in [5.74, 6) is -0.829. The number of rotatable bonds is 3. The number of nitrogens with one attached hydrogen (secondary N) is 2. The number of hydrogen-bond donors (Lipinski definition) is 2. The molecule has 1 aliphatic rings. The van der Waals surface area contributed by atoms with Crippen LogP contribution in [0, 0.1) is 0 Å². The zero-order valence-electron chi connectivity index (χ0n) is 7.25. The van der Waals surface area contributed by atoms with Crippen LogP contribution in [-0.2, 0) is 15.9 Å². The number of amides is 1. The molecule has 0 aromatic rings. The highest BCUT2D eigenvalue weighted by molar-refractivity contribution is 7.79. The van der Waals surface area contributed by atoms with Crippen LogP contribution in [0.2, 0.25) is 0 Å². The number of hydrogen-bond acceptors (Lipinski definition) is 4. The van der Waals surface area contributed by atoms with Gasteiger partial charge in [0, 0.05) is 6.04 Å². The number of piperidine rings is 1. The Morgan fingerprint density at radius 3 is 2.69 bits per heavy atom. The van der Waals surface area contributed by atoms with Crippen LogP contribution >= 0.6 is 0 Å². The molecule has 1 fully saturated rings. The maximum atomic E-state index is 11.0. The monoisotopic (exact) mass is 205 g/mol. The minimum absolute atomic E-state index is 0.136. The molecule has 0 saturated carbocycles. The Hall–Kier alpha value is -0.460. The molecule has 5 nitrogen and oxygen atoms in total. The van der Waals surface area contributed by atoms with Crippen molar-refractivity contribution < 1.29 is 13.6 Å². The van der Waals surface area contributed by atoms with Gasteiger partial charge in [-0.3, -0.25) is 9.00 Å². The molecule has 1 amide bonds. The molecule has 0 bridgehead atoms. The summed E-state index contributed by atoms with van der Waals surface area (Å²) in [4.78, 5) is 11.0. The molecule has 0 radical (unpaired) electrons. The van der Waals surface area contributed by atoms with Gasteiger partial charge in [-0.25, -0.2) is 0 Å². The third-order valence-corrected chi connectivity index (χ3v) is 2.45. The van der Waals surface area contributed by atoms with Gasteiger partial charge in [0.05, 0.1) is 5.75 Å². The lowest BCUT2D eigenvalue weighted by Crippen LogP contribution is -2.44.